The summed E-state index contributed by atoms with van der Waals surface area (Å²) in [7, 11) is 0. The van der Waals surface area contributed by atoms with Gasteiger partial charge in [0, 0.05) is 12.1 Å². The van der Waals surface area contributed by atoms with Crippen molar-refractivity contribution in [3.63, 3.8) is 0 Å². The van der Waals surface area contributed by atoms with Crippen molar-refractivity contribution in [2.24, 2.45) is 5.92 Å². The molecule has 1 aliphatic carbocycles. The molecule has 0 heterocycles. The molecule has 0 unspecified atom stereocenters. The van der Waals surface area contributed by atoms with E-state index in [0.29, 0.717) is 31.7 Å². The minimum absolute atomic E-state index is 0.160. The first kappa shape index (κ1) is 24.4. The standard InChI is InChI=1S/C26H23F3O6/c27-21-13-22(35-26(28)29)20(24(30)31)12-23(21)34-18-10-8-16(9-11-18)25(32)33-14-17-6-3-5-15-4-1-2-7-19(15)17/h1-7,12-13,16,18,26H,8-11,14H2,(H,30,31). The van der Waals surface area contributed by atoms with Gasteiger partial charge in [0.25, 0.3) is 0 Å². The molecule has 184 valence electrons. The van der Waals surface area contributed by atoms with Crippen LogP contribution in [0.2, 0.25) is 0 Å². The molecule has 0 bridgehead atoms. The van der Waals surface area contributed by atoms with Crippen molar-refractivity contribution in [1.29, 1.82) is 0 Å². The summed E-state index contributed by atoms with van der Waals surface area (Å²) in [5, 5.41) is 11.3. The van der Waals surface area contributed by atoms with Crippen molar-refractivity contribution in [1.82, 2.24) is 0 Å². The summed E-state index contributed by atoms with van der Waals surface area (Å²) in [6, 6.07) is 15.1. The number of ether oxygens (including phenoxy) is 3. The van der Waals surface area contributed by atoms with Crippen LogP contribution in [-0.2, 0) is 16.1 Å². The minimum atomic E-state index is -3.30. The first-order valence-electron chi connectivity index (χ1n) is 11.1. The lowest BCUT2D eigenvalue weighted by Gasteiger charge is -2.28. The summed E-state index contributed by atoms with van der Waals surface area (Å²) >= 11 is 0. The van der Waals surface area contributed by atoms with Gasteiger partial charge in [-0.1, -0.05) is 42.5 Å². The Kier molecular flexibility index (Phi) is 7.43. The van der Waals surface area contributed by atoms with E-state index in [9.17, 15) is 27.9 Å². The Bertz CT molecular complexity index is 1220. The highest BCUT2D eigenvalue weighted by Crippen LogP contribution is 2.33. The van der Waals surface area contributed by atoms with Crippen molar-refractivity contribution in [3.8, 4) is 11.5 Å². The Morgan fingerprint density at radius 1 is 0.971 bits per heavy atom. The van der Waals surface area contributed by atoms with E-state index in [2.05, 4.69) is 4.74 Å². The molecule has 0 aliphatic heterocycles. The summed E-state index contributed by atoms with van der Waals surface area (Å²) in [5.41, 5.74) is 0.282. The second kappa shape index (κ2) is 10.7. The van der Waals surface area contributed by atoms with Gasteiger partial charge in [-0.25, -0.2) is 9.18 Å². The number of benzene rings is 3. The van der Waals surface area contributed by atoms with E-state index < -0.39 is 35.8 Å². The fraction of sp³-hybridized carbons (Fsp3) is 0.308. The van der Waals surface area contributed by atoms with Gasteiger partial charge >= 0.3 is 18.6 Å². The van der Waals surface area contributed by atoms with E-state index in [1.54, 1.807) is 0 Å². The molecule has 4 rings (SSSR count). The lowest BCUT2D eigenvalue weighted by molar-refractivity contribution is -0.151. The third kappa shape index (κ3) is 5.85. The summed E-state index contributed by atoms with van der Waals surface area (Å²) in [6.07, 6.45) is 1.30. The van der Waals surface area contributed by atoms with Gasteiger partial charge in [-0.05, 0) is 42.0 Å². The number of carboxylic acid groups (broad SMARTS) is 1. The number of hydrogen-bond donors (Lipinski definition) is 1. The van der Waals surface area contributed by atoms with Gasteiger partial charge in [0.2, 0.25) is 0 Å². The zero-order chi connectivity index (χ0) is 24.9. The van der Waals surface area contributed by atoms with Crippen LogP contribution in [0.15, 0.2) is 54.6 Å². The monoisotopic (exact) mass is 488 g/mol. The SMILES string of the molecule is O=C(O)c1cc(OC2CCC(C(=O)OCc3cccc4ccccc34)CC2)c(F)cc1OC(F)F. The number of alkyl halides is 2. The highest BCUT2D eigenvalue weighted by Gasteiger charge is 2.30. The molecule has 3 aromatic carbocycles. The maximum Gasteiger partial charge on any atom is 0.387 e. The Labute approximate surface area is 199 Å². The molecule has 0 radical (unpaired) electrons. The molecule has 35 heavy (non-hydrogen) atoms. The molecular weight excluding hydrogens is 465 g/mol. The number of esters is 1. The van der Waals surface area contributed by atoms with Crippen molar-refractivity contribution >= 4 is 22.7 Å². The Hall–Kier alpha value is -3.75. The van der Waals surface area contributed by atoms with Gasteiger partial charge in [0.15, 0.2) is 11.6 Å². The molecule has 1 fully saturated rings. The average molecular weight is 488 g/mol. The Morgan fingerprint density at radius 3 is 2.40 bits per heavy atom. The van der Waals surface area contributed by atoms with Gasteiger partial charge in [-0.15, -0.1) is 0 Å². The number of rotatable bonds is 8. The predicted octanol–water partition coefficient (Wildman–Crippen LogP) is 5.96. The number of hydrogen-bond acceptors (Lipinski definition) is 5. The molecule has 0 amide bonds. The molecule has 0 spiro atoms. The van der Waals surface area contributed by atoms with E-state index in [1.807, 2.05) is 42.5 Å². The molecule has 1 N–H and O–H groups in total. The first-order chi connectivity index (χ1) is 16.8. The number of fused-ring (bicyclic) bond motifs is 1. The van der Waals surface area contributed by atoms with Gasteiger partial charge in [-0.2, -0.15) is 8.78 Å². The van der Waals surface area contributed by atoms with Crippen LogP contribution >= 0.6 is 0 Å². The fourth-order valence-corrected chi connectivity index (χ4v) is 4.27. The molecular formula is C26H23F3O6. The quantitative estimate of drug-likeness (QED) is 0.394. The van der Waals surface area contributed by atoms with Crippen molar-refractivity contribution in [2.45, 2.75) is 45.0 Å². The van der Waals surface area contributed by atoms with Crippen LogP contribution in [0.4, 0.5) is 13.2 Å². The summed E-state index contributed by atoms with van der Waals surface area (Å²) in [5.74, 6) is -4.36. The molecule has 3 aromatic rings. The van der Waals surface area contributed by atoms with E-state index in [1.165, 1.54) is 0 Å². The van der Waals surface area contributed by atoms with Crippen molar-refractivity contribution < 1.29 is 42.1 Å². The van der Waals surface area contributed by atoms with E-state index in [0.717, 1.165) is 22.4 Å². The predicted molar refractivity (Wildman–Crippen MR) is 120 cm³/mol. The van der Waals surface area contributed by atoms with Crippen LogP contribution in [0.3, 0.4) is 0 Å². The Balaban J connectivity index is 1.33. The first-order valence-corrected chi connectivity index (χ1v) is 11.1. The van der Waals surface area contributed by atoms with Crippen LogP contribution in [0.1, 0.15) is 41.6 Å². The van der Waals surface area contributed by atoms with Crippen LogP contribution in [0.25, 0.3) is 10.8 Å². The van der Waals surface area contributed by atoms with E-state index in [-0.39, 0.29) is 24.2 Å². The van der Waals surface area contributed by atoms with E-state index in [4.69, 9.17) is 9.47 Å². The van der Waals surface area contributed by atoms with Crippen molar-refractivity contribution in [2.75, 3.05) is 0 Å². The van der Waals surface area contributed by atoms with Gasteiger partial charge in [0.1, 0.15) is 17.9 Å². The molecule has 1 aliphatic rings. The molecule has 0 saturated heterocycles. The number of carbonyl (C=O) groups is 2. The second-order valence-corrected chi connectivity index (χ2v) is 8.30. The summed E-state index contributed by atoms with van der Waals surface area (Å²) < 4.78 is 54.6. The summed E-state index contributed by atoms with van der Waals surface area (Å²) in [6.45, 7) is -3.14. The van der Waals surface area contributed by atoms with Crippen LogP contribution in [-0.4, -0.2) is 29.8 Å². The molecule has 0 atom stereocenters. The van der Waals surface area contributed by atoms with Crippen LogP contribution in [0.5, 0.6) is 11.5 Å². The highest BCUT2D eigenvalue weighted by atomic mass is 19.3. The van der Waals surface area contributed by atoms with Gasteiger partial charge < -0.3 is 19.3 Å². The third-order valence-electron chi connectivity index (χ3n) is 6.03. The Morgan fingerprint density at radius 2 is 1.69 bits per heavy atom. The highest BCUT2D eigenvalue weighted by molar-refractivity contribution is 5.91. The maximum absolute atomic E-state index is 14.4. The fourth-order valence-electron chi connectivity index (χ4n) is 4.27. The second-order valence-electron chi connectivity index (χ2n) is 8.30. The molecule has 1 saturated carbocycles. The smallest absolute Gasteiger partial charge is 0.387 e. The van der Waals surface area contributed by atoms with Crippen LogP contribution < -0.4 is 9.47 Å². The van der Waals surface area contributed by atoms with Crippen LogP contribution in [0, 0.1) is 11.7 Å². The van der Waals surface area contributed by atoms with Crippen molar-refractivity contribution in [3.05, 3.63) is 71.5 Å². The molecule has 9 heteroatoms. The number of halogens is 3. The largest absolute Gasteiger partial charge is 0.487 e. The third-order valence-corrected chi connectivity index (χ3v) is 6.03. The zero-order valence-electron chi connectivity index (χ0n) is 18.6. The number of carboxylic acids is 1. The minimum Gasteiger partial charge on any atom is -0.487 e. The lowest BCUT2D eigenvalue weighted by atomic mass is 9.87. The molecule has 6 nitrogen and oxygen atoms in total. The summed E-state index contributed by atoms with van der Waals surface area (Å²) in [4.78, 5) is 24.0. The number of aromatic carboxylic acids is 1. The normalized spacial score (nSPS) is 17.8. The maximum atomic E-state index is 14.4. The average Bonchev–Trinajstić information content (AvgIpc) is 2.84. The lowest BCUT2D eigenvalue weighted by Crippen LogP contribution is -2.29. The topological polar surface area (TPSA) is 82.1 Å². The van der Waals surface area contributed by atoms with E-state index >= 15 is 0 Å². The molecule has 0 aromatic heterocycles. The van der Waals surface area contributed by atoms with Gasteiger partial charge in [0.05, 0.1) is 12.0 Å². The number of carbonyl (C=O) groups excluding carboxylic acids is 1. The van der Waals surface area contributed by atoms with Gasteiger partial charge in [-0.3, -0.25) is 4.79 Å². The zero-order valence-corrected chi connectivity index (χ0v) is 18.6.